The van der Waals surface area contributed by atoms with Crippen LogP contribution in [0.15, 0.2) is 24.0 Å². The zero-order valence-electron chi connectivity index (χ0n) is 18.1. The van der Waals surface area contributed by atoms with Crippen molar-refractivity contribution in [1.29, 1.82) is 0 Å². The van der Waals surface area contributed by atoms with Gasteiger partial charge in [0.15, 0.2) is 5.78 Å². The van der Waals surface area contributed by atoms with Crippen molar-refractivity contribution in [2.45, 2.75) is 97.3 Å². The molecule has 0 aromatic heterocycles. The molecule has 3 saturated carbocycles. The maximum absolute atomic E-state index is 12.0. The van der Waals surface area contributed by atoms with Crippen molar-refractivity contribution in [2.75, 3.05) is 0 Å². The van der Waals surface area contributed by atoms with Gasteiger partial charge in [-0.3, -0.25) is 4.79 Å². The zero-order valence-corrected chi connectivity index (χ0v) is 18.1. The Balaban J connectivity index is 1.42. The van der Waals surface area contributed by atoms with E-state index in [1.165, 1.54) is 63.4 Å². The molecule has 1 N–H and O–H groups in total. The third-order valence-corrected chi connectivity index (χ3v) is 9.68. The lowest BCUT2D eigenvalue weighted by Gasteiger charge is -2.58. The fourth-order valence-corrected chi connectivity index (χ4v) is 8.04. The van der Waals surface area contributed by atoms with E-state index in [1.54, 1.807) is 0 Å². The summed E-state index contributed by atoms with van der Waals surface area (Å²) in [7, 11) is 0. The number of unbranched alkanes of at least 4 members (excludes halogenated alkanes) is 2. The van der Waals surface area contributed by atoms with Crippen molar-refractivity contribution in [3.05, 3.63) is 24.0 Å². The van der Waals surface area contributed by atoms with Gasteiger partial charge in [0, 0.05) is 12.8 Å². The highest BCUT2D eigenvalue weighted by Crippen LogP contribution is 2.67. The predicted molar refractivity (Wildman–Crippen MR) is 115 cm³/mol. The van der Waals surface area contributed by atoms with Crippen molar-refractivity contribution in [2.24, 2.45) is 34.5 Å². The minimum Gasteiger partial charge on any atom is -0.513 e. The summed E-state index contributed by atoms with van der Waals surface area (Å²) in [5.74, 6) is 4.22. The molecule has 0 bridgehead atoms. The summed E-state index contributed by atoms with van der Waals surface area (Å²) in [5, 5.41) is 9.27. The lowest BCUT2D eigenvalue weighted by molar-refractivity contribution is -0.117. The van der Waals surface area contributed by atoms with Crippen LogP contribution in [0.2, 0.25) is 0 Å². The van der Waals surface area contributed by atoms with Gasteiger partial charge in [0.2, 0.25) is 0 Å². The van der Waals surface area contributed by atoms with E-state index in [2.05, 4.69) is 20.4 Å². The maximum atomic E-state index is 12.0. The molecule has 0 heterocycles. The number of fused-ring (bicyclic) bond motifs is 5. The molecule has 28 heavy (non-hydrogen) atoms. The molecule has 0 aromatic carbocycles. The molecule has 156 valence electrons. The first-order valence-corrected chi connectivity index (χ1v) is 12.0. The van der Waals surface area contributed by atoms with E-state index in [1.807, 2.05) is 6.08 Å². The second-order valence-corrected chi connectivity index (χ2v) is 11.0. The number of hydrogen-bond acceptors (Lipinski definition) is 2. The number of aliphatic hydroxyl groups is 1. The molecule has 4 aliphatic rings. The summed E-state index contributed by atoms with van der Waals surface area (Å²) in [4.78, 5) is 12.0. The van der Waals surface area contributed by atoms with Gasteiger partial charge in [0.25, 0.3) is 0 Å². The molecule has 2 heteroatoms. The van der Waals surface area contributed by atoms with E-state index < -0.39 is 0 Å². The summed E-state index contributed by atoms with van der Waals surface area (Å²) >= 11 is 0. The zero-order chi connectivity index (χ0) is 19.9. The number of rotatable bonds is 6. The summed E-state index contributed by atoms with van der Waals surface area (Å²) < 4.78 is 0. The minimum absolute atomic E-state index is 0.308. The molecular formula is C26H40O2. The smallest absolute Gasteiger partial charge is 0.155 e. The Labute approximate surface area is 171 Å². The number of aliphatic hydroxyl groups excluding tert-OH is 1. The number of ketones is 1. The molecular weight excluding hydrogens is 344 g/mol. The third-order valence-electron chi connectivity index (χ3n) is 9.68. The molecule has 0 saturated heterocycles. The van der Waals surface area contributed by atoms with Crippen molar-refractivity contribution in [3.63, 3.8) is 0 Å². The number of hydrogen-bond donors (Lipinski definition) is 1. The summed E-state index contributed by atoms with van der Waals surface area (Å²) in [6.45, 7) is 8.72. The van der Waals surface area contributed by atoms with E-state index >= 15 is 0 Å². The minimum atomic E-state index is 0.308. The molecule has 0 aliphatic heterocycles. The van der Waals surface area contributed by atoms with E-state index in [4.69, 9.17) is 0 Å². The standard InChI is InChI=1S/C26H40O2/c1-18(27)7-5-4-6-8-19-10-12-23-22-11-9-20-17-21(28)13-15-26(20,3)24(22)14-16-25(19,23)2/h17,19,22-24,27H,1,4-16H2,2-3H3. The highest BCUT2D eigenvalue weighted by atomic mass is 16.3. The van der Waals surface area contributed by atoms with Crippen LogP contribution in [-0.2, 0) is 4.79 Å². The van der Waals surface area contributed by atoms with Crippen molar-refractivity contribution in [3.8, 4) is 0 Å². The molecule has 0 aromatic rings. The van der Waals surface area contributed by atoms with Gasteiger partial charge in [-0.15, -0.1) is 0 Å². The summed E-state index contributed by atoms with van der Waals surface area (Å²) in [6, 6.07) is 0. The van der Waals surface area contributed by atoms with Crippen molar-refractivity contribution >= 4 is 5.78 Å². The van der Waals surface area contributed by atoms with E-state index in [0.717, 1.165) is 49.4 Å². The number of allylic oxidation sites excluding steroid dienone is 2. The molecule has 2 nitrogen and oxygen atoms in total. The van der Waals surface area contributed by atoms with Gasteiger partial charge in [-0.2, -0.15) is 0 Å². The number of carbonyl (C=O) groups is 1. The van der Waals surface area contributed by atoms with E-state index in [-0.39, 0.29) is 0 Å². The monoisotopic (exact) mass is 384 g/mol. The second kappa shape index (κ2) is 7.65. The van der Waals surface area contributed by atoms with Crippen LogP contribution in [-0.4, -0.2) is 10.9 Å². The largest absolute Gasteiger partial charge is 0.513 e. The fraction of sp³-hybridized carbons (Fsp3) is 0.808. The molecule has 4 aliphatic carbocycles. The highest BCUT2D eigenvalue weighted by Gasteiger charge is 2.58. The molecule has 0 spiro atoms. The van der Waals surface area contributed by atoms with Crippen molar-refractivity contribution < 1.29 is 9.90 Å². The van der Waals surface area contributed by atoms with Gasteiger partial charge in [0.1, 0.15) is 0 Å². The Kier molecular flexibility index (Phi) is 5.53. The average molecular weight is 385 g/mol. The first-order valence-electron chi connectivity index (χ1n) is 12.0. The Bertz CT molecular complexity index is 661. The lowest BCUT2D eigenvalue weighted by Crippen LogP contribution is -2.50. The van der Waals surface area contributed by atoms with Crippen LogP contribution in [0.5, 0.6) is 0 Å². The quantitative estimate of drug-likeness (QED) is 0.390. The van der Waals surface area contributed by atoms with Gasteiger partial charge in [0.05, 0.1) is 5.76 Å². The second-order valence-electron chi connectivity index (χ2n) is 11.0. The van der Waals surface area contributed by atoms with Crippen LogP contribution >= 0.6 is 0 Å². The first kappa shape index (κ1) is 20.2. The molecule has 4 rings (SSSR count). The van der Waals surface area contributed by atoms with Crippen LogP contribution in [0.3, 0.4) is 0 Å². The van der Waals surface area contributed by atoms with Gasteiger partial charge >= 0.3 is 0 Å². The highest BCUT2D eigenvalue weighted by molar-refractivity contribution is 5.91. The third kappa shape index (κ3) is 3.39. The Hall–Kier alpha value is -1.05. The van der Waals surface area contributed by atoms with Crippen LogP contribution in [0.4, 0.5) is 0 Å². The summed E-state index contributed by atoms with van der Waals surface area (Å²) in [5.41, 5.74) is 2.35. The number of carbonyl (C=O) groups excluding carboxylic acids is 1. The topological polar surface area (TPSA) is 37.3 Å². The SMILES string of the molecule is C=C(O)CCCCCC1CCC2C3CCC4=CC(=O)CCC4(C)C3CCC12C. The Morgan fingerprint density at radius 1 is 1.07 bits per heavy atom. The van der Waals surface area contributed by atoms with E-state index in [9.17, 15) is 9.90 Å². The van der Waals surface area contributed by atoms with Crippen LogP contribution < -0.4 is 0 Å². The normalized spacial score (nSPS) is 42.4. The Morgan fingerprint density at radius 2 is 1.89 bits per heavy atom. The first-order chi connectivity index (χ1) is 13.3. The van der Waals surface area contributed by atoms with E-state index in [0.29, 0.717) is 22.4 Å². The fourth-order valence-electron chi connectivity index (χ4n) is 8.04. The molecule has 6 atom stereocenters. The van der Waals surface area contributed by atoms with Crippen LogP contribution in [0.25, 0.3) is 0 Å². The van der Waals surface area contributed by atoms with Crippen LogP contribution in [0.1, 0.15) is 97.3 Å². The maximum Gasteiger partial charge on any atom is 0.155 e. The lowest BCUT2D eigenvalue weighted by atomic mass is 9.46. The molecule has 0 radical (unpaired) electrons. The van der Waals surface area contributed by atoms with Crippen LogP contribution in [0, 0.1) is 34.5 Å². The molecule has 6 unspecified atom stereocenters. The molecule has 3 fully saturated rings. The van der Waals surface area contributed by atoms with Gasteiger partial charge in [-0.05, 0) is 98.4 Å². The van der Waals surface area contributed by atoms with Gasteiger partial charge in [-0.1, -0.05) is 38.8 Å². The Morgan fingerprint density at radius 3 is 2.68 bits per heavy atom. The average Bonchev–Trinajstić information content (AvgIpc) is 2.98. The molecule has 0 amide bonds. The predicted octanol–water partition coefficient (Wildman–Crippen LogP) is 7.16. The van der Waals surface area contributed by atoms with Crippen molar-refractivity contribution in [1.82, 2.24) is 0 Å². The van der Waals surface area contributed by atoms with Gasteiger partial charge in [-0.25, -0.2) is 0 Å². The van der Waals surface area contributed by atoms with Gasteiger partial charge < -0.3 is 5.11 Å². The summed E-state index contributed by atoms with van der Waals surface area (Å²) in [6.07, 6.45) is 17.8.